The Bertz CT molecular complexity index is 1090. The second-order valence-corrected chi connectivity index (χ2v) is 6.74. The lowest BCUT2D eigenvalue weighted by molar-refractivity contribution is -0.140. The summed E-state index contributed by atoms with van der Waals surface area (Å²) >= 11 is 0. The highest BCUT2D eigenvalue weighted by atomic mass is 16.5. The molecule has 0 atom stereocenters. The number of carbonyl (C=O) groups excluding carboxylic acids is 2. The van der Waals surface area contributed by atoms with Crippen LogP contribution in [0.3, 0.4) is 0 Å². The van der Waals surface area contributed by atoms with Crippen molar-refractivity contribution in [3.8, 4) is 0 Å². The zero-order valence-corrected chi connectivity index (χ0v) is 15.7. The van der Waals surface area contributed by atoms with Crippen LogP contribution < -0.4 is 5.76 Å². The summed E-state index contributed by atoms with van der Waals surface area (Å²) in [4.78, 5) is 37.7. The van der Waals surface area contributed by atoms with E-state index in [4.69, 9.17) is 8.94 Å². The van der Waals surface area contributed by atoms with Gasteiger partial charge >= 0.3 is 5.76 Å². The molecule has 1 aliphatic heterocycles. The number of aryl methyl sites for hydroxylation is 3. The first kappa shape index (κ1) is 18.0. The van der Waals surface area contributed by atoms with Gasteiger partial charge in [0, 0.05) is 26.1 Å². The van der Waals surface area contributed by atoms with E-state index in [2.05, 4.69) is 5.16 Å². The molecule has 0 N–H and O–H groups in total. The number of fused-ring (bicyclic) bond motifs is 1. The number of benzene rings is 1. The highest BCUT2D eigenvalue weighted by Crippen LogP contribution is 2.21. The number of carbonyl (C=O) groups is 2. The third-order valence-corrected chi connectivity index (χ3v) is 4.92. The smallest absolute Gasteiger partial charge is 0.408 e. The zero-order chi connectivity index (χ0) is 19.8. The fourth-order valence-electron chi connectivity index (χ4n) is 3.56. The molecule has 0 aliphatic carbocycles. The lowest BCUT2D eigenvalue weighted by Crippen LogP contribution is -2.45. The molecule has 9 nitrogen and oxygen atoms in total. The number of aromatic nitrogens is 2. The van der Waals surface area contributed by atoms with Gasteiger partial charge in [-0.15, -0.1) is 0 Å². The molecule has 1 aromatic carbocycles. The van der Waals surface area contributed by atoms with Crippen LogP contribution in [0, 0.1) is 13.8 Å². The molecule has 1 aliphatic rings. The van der Waals surface area contributed by atoms with E-state index in [9.17, 15) is 14.4 Å². The fourth-order valence-corrected chi connectivity index (χ4v) is 3.56. The number of hydrogen-bond donors (Lipinski definition) is 0. The van der Waals surface area contributed by atoms with Crippen LogP contribution in [0.4, 0.5) is 0 Å². The summed E-state index contributed by atoms with van der Waals surface area (Å²) in [6, 6.07) is 7.07. The Balaban J connectivity index is 1.50. The molecule has 4 rings (SSSR count). The van der Waals surface area contributed by atoms with Gasteiger partial charge in [-0.25, -0.2) is 9.80 Å². The van der Waals surface area contributed by atoms with E-state index in [1.807, 2.05) is 0 Å². The zero-order valence-electron chi connectivity index (χ0n) is 15.7. The summed E-state index contributed by atoms with van der Waals surface area (Å²) in [5.41, 5.74) is 2.01. The van der Waals surface area contributed by atoms with Crippen LogP contribution in [0.25, 0.3) is 11.1 Å². The maximum atomic E-state index is 12.9. The molecule has 146 valence electrons. The lowest BCUT2D eigenvalue weighted by atomic mass is 10.2. The monoisotopic (exact) mass is 384 g/mol. The number of hydrogen-bond acceptors (Lipinski definition) is 6. The number of para-hydroxylation sites is 2. The Morgan fingerprint density at radius 2 is 1.89 bits per heavy atom. The van der Waals surface area contributed by atoms with Crippen LogP contribution in [0.2, 0.25) is 0 Å². The van der Waals surface area contributed by atoms with Crippen LogP contribution in [-0.2, 0) is 11.3 Å². The topological polar surface area (TPSA) is 102 Å². The molecule has 3 aromatic rings. The van der Waals surface area contributed by atoms with Crippen LogP contribution in [-0.4, -0.2) is 44.6 Å². The van der Waals surface area contributed by atoms with Gasteiger partial charge in [-0.1, -0.05) is 17.3 Å². The van der Waals surface area contributed by atoms with Gasteiger partial charge in [0.05, 0.1) is 11.2 Å². The maximum absolute atomic E-state index is 12.9. The molecule has 28 heavy (non-hydrogen) atoms. The Labute approximate surface area is 160 Å². The Morgan fingerprint density at radius 3 is 2.64 bits per heavy atom. The Kier molecular flexibility index (Phi) is 4.50. The maximum Gasteiger partial charge on any atom is 0.419 e. The number of oxazole rings is 1. The van der Waals surface area contributed by atoms with Gasteiger partial charge < -0.3 is 8.94 Å². The van der Waals surface area contributed by atoms with Crippen molar-refractivity contribution < 1.29 is 18.5 Å². The minimum Gasteiger partial charge on any atom is -0.408 e. The number of nitrogens with zero attached hydrogens (tertiary/aromatic N) is 4. The van der Waals surface area contributed by atoms with Gasteiger partial charge in [0.2, 0.25) is 5.91 Å². The van der Waals surface area contributed by atoms with Gasteiger partial charge in [-0.2, -0.15) is 0 Å². The van der Waals surface area contributed by atoms with E-state index in [1.165, 1.54) is 14.6 Å². The molecular formula is C19H20N4O5. The molecule has 0 spiro atoms. The Hall–Kier alpha value is -3.36. The van der Waals surface area contributed by atoms with Crippen LogP contribution in [0.5, 0.6) is 0 Å². The Morgan fingerprint density at radius 1 is 1.14 bits per heavy atom. The minimum absolute atomic E-state index is 0.0782. The van der Waals surface area contributed by atoms with E-state index in [0.29, 0.717) is 47.6 Å². The quantitative estimate of drug-likeness (QED) is 0.681. The minimum atomic E-state index is -0.501. The predicted octanol–water partition coefficient (Wildman–Crippen LogP) is 1.88. The third kappa shape index (κ3) is 2.98. The molecule has 2 amide bonds. The number of amides is 2. The number of hydrazine groups is 1. The van der Waals surface area contributed by atoms with Gasteiger partial charge in [0.15, 0.2) is 5.58 Å². The standard InChI is InChI=1S/C19H20N4O5/c1-12-17(13(2)28-20-12)18(25)23-10-5-9-22(23)16(24)8-11-21-14-6-3-4-7-15(14)27-19(21)26/h3-4,6-7H,5,8-11H2,1-2H3. The average Bonchev–Trinajstić information content (AvgIpc) is 3.37. The summed E-state index contributed by atoms with van der Waals surface area (Å²) in [6.07, 6.45) is 0.768. The van der Waals surface area contributed by atoms with Gasteiger partial charge in [0.1, 0.15) is 11.3 Å². The van der Waals surface area contributed by atoms with Crippen molar-refractivity contribution in [2.75, 3.05) is 13.1 Å². The summed E-state index contributed by atoms with van der Waals surface area (Å²) in [6.45, 7) is 4.45. The number of rotatable bonds is 4. The predicted molar refractivity (Wildman–Crippen MR) is 98.4 cm³/mol. The molecule has 1 fully saturated rings. The van der Waals surface area contributed by atoms with Crippen LogP contribution >= 0.6 is 0 Å². The van der Waals surface area contributed by atoms with E-state index >= 15 is 0 Å². The van der Waals surface area contributed by atoms with Gasteiger partial charge in [-0.05, 0) is 32.4 Å². The first-order valence-electron chi connectivity index (χ1n) is 9.10. The summed E-state index contributed by atoms with van der Waals surface area (Å²) < 4.78 is 11.7. The second kappa shape index (κ2) is 6.99. The van der Waals surface area contributed by atoms with Crippen molar-refractivity contribution in [1.29, 1.82) is 0 Å². The molecule has 9 heteroatoms. The first-order chi connectivity index (χ1) is 13.5. The van der Waals surface area contributed by atoms with Crippen molar-refractivity contribution in [3.05, 3.63) is 51.8 Å². The summed E-state index contributed by atoms with van der Waals surface area (Å²) in [5.74, 6) is -0.597. The molecule has 0 saturated carbocycles. The van der Waals surface area contributed by atoms with Crippen molar-refractivity contribution in [3.63, 3.8) is 0 Å². The van der Waals surface area contributed by atoms with Crippen LogP contribution in [0.1, 0.15) is 34.7 Å². The first-order valence-corrected chi connectivity index (χ1v) is 9.10. The largest absolute Gasteiger partial charge is 0.419 e. The van der Waals surface area contributed by atoms with Crippen molar-refractivity contribution in [1.82, 2.24) is 19.7 Å². The molecule has 1 saturated heterocycles. The van der Waals surface area contributed by atoms with Crippen LogP contribution in [0.15, 0.2) is 38.0 Å². The van der Waals surface area contributed by atoms with Crippen molar-refractivity contribution in [2.45, 2.75) is 33.2 Å². The fraction of sp³-hybridized carbons (Fsp3) is 0.368. The highest BCUT2D eigenvalue weighted by molar-refractivity contribution is 5.97. The normalized spacial score (nSPS) is 14.2. The van der Waals surface area contributed by atoms with E-state index in [0.717, 1.165) is 0 Å². The molecular weight excluding hydrogens is 364 g/mol. The second-order valence-electron chi connectivity index (χ2n) is 6.74. The van der Waals surface area contributed by atoms with Crippen molar-refractivity contribution >= 4 is 22.9 Å². The van der Waals surface area contributed by atoms with Gasteiger partial charge in [-0.3, -0.25) is 19.2 Å². The lowest BCUT2D eigenvalue weighted by Gasteiger charge is -2.27. The van der Waals surface area contributed by atoms with Gasteiger partial charge in [0.25, 0.3) is 5.91 Å². The van der Waals surface area contributed by atoms with Crippen molar-refractivity contribution in [2.24, 2.45) is 0 Å². The molecule has 0 radical (unpaired) electrons. The van der Waals surface area contributed by atoms with E-state index in [1.54, 1.807) is 38.1 Å². The molecule has 0 bridgehead atoms. The molecule has 3 heterocycles. The summed E-state index contributed by atoms with van der Waals surface area (Å²) in [7, 11) is 0. The highest BCUT2D eigenvalue weighted by Gasteiger charge is 2.33. The summed E-state index contributed by atoms with van der Waals surface area (Å²) in [5, 5.41) is 6.69. The molecule has 0 unspecified atom stereocenters. The third-order valence-electron chi connectivity index (χ3n) is 4.92. The average molecular weight is 384 g/mol. The van der Waals surface area contributed by atoms with E-state index in [-0.39, 0.29) is 24.8 Å². The van der Waals surface area contributed by atoms with E-state index < -0.39 is 5.76 Å². The SMILES string of the molecule is Cc1noc(C)c1C(=O)N1CCCN1C(=O)CCn1c(=O)oc2ccccc21. The molecule has 2 aromatic heterocycles.